The Balaban J connectivity index is 2.19. The first-order valence-corrected chi connectivity index (χ1v) is 9.41. The third kappa shape index (κ3) is 3.20. The first-order valence-electron chi connectivity index (χ1n) is 8.22. The maximum atomic E-state index is 13.2. The van der Waals surface area contributed by atoms with E-state index in [1.807, 2.05) is 31.2 Å². The number of carboxylic acids is 1. The Labute approximate surface area is 161 Å². The number of anilines is 1. The molecule has 2 aromatic rings. The predicted molar refractivity (Wildman–Crippen MR) is 104 cm³/mol. The van der Waals surface area contributed by atoms with Gasteiger partial charge in [-0.1, -0.05) is 42.8 Å². The summed E-state index contributed by atoms with van der Waals surface area (Å²) in [6, 6.07) is 13.7. The Kier molecular flexibility index (Phi) is 5.27. The third-order valence-electron chi connectivity index (χ3n) is 4.63. The number of carbonyl (C=O) groups is 2. The summed E-state index contributed by atoms with van der Waals surface area (Å²) in [5.41, 5.74) is 7.91. The van der Waals surface area contributed by atoms with Gasteiger partial charge in [0.25, 0.3) is 0 Å². The molecule has 1 aliphatic rings. The molecule has 3 rings (SSSR count). The Bertz CT molecular complexity index is 843. The highest BCUT2D eigenvalue weighted by Gasteiger charge is 2.47. The van der Waals surface area contributed by atoms with Crippen LogP contribution in [0.5, 0.6) is 0 Å². The molecule has 0 aromatic heterocycles. The number of para-hydroxylation sites is 1. The summed E-state index contributed by atoms with van der Waals surface area (Å²) in [6.07, 6.45) is 0.599. The summed E-state index contributed by atoms with van der Waals surface area (Å²) in [6.45, 7) is 1.55. The maximum absolute atomic E-state index is 13.2. The number of benzene rings is 2. The van der Waals surface area contributed by atoms with Crippen molar-refractivity contribution in [2.75, 3.05) is 11.4 Å². The number of nitrogens with zero attached hydrogens (tertiary/aromatic N) is 1. The van der Waals surface area contributed by atoms with Gasteiger partial charge in [0.05, 0.1) is 10.4 Å². The molecule has 0 fully saturated rings. The van der Waals surface area contributed by atoms with E-state index < -0.39 is 29.2 Å². The van der Waals surface area contributed by atoms with E-state index in [-0.39, 0.29) is 0 Å². The number of carbonyl (C=O) groups excluding carboxylic acids is 1. The smallest absolute Gasteiger partial charge is 0.323 e. The molecule has 0 spiro atoms. The molecule has 5 nitrogen and oxygen atoms in total. The summed E-state index contributed by atoms with van der Waals surface area (Å²) < 4.78 is -0.717. The zero-order chi connectivity index (χ0) is 18.9. The molecule has 2 unspecified atom stereocenters. The van der Waals surface area contributed by atoms with Crippen molar-refractivity contribution in [1.82, 2.24) is 0 Å². The second-order valence-electron chi connectivity index (χ2n) is 6.12. The first-order chi connectivity index (χ1) is 12.4. The molecule has 26 heavy (non-hydrogen) atoms. The Morgan fingerprint density at radius 2 is 1.92 bits per heavy atom. The van der Waals surface area contributed by atoms with Gasteiger partial charge in [0, 0.05) is 9.92 Å². The minimum absolute atomic E-state index is 0.401. The number of hydrogen-bond acceptors (Lipinski definition) is 4. The normalized spacial score (nSPS) is 22.7. The molecular weight excluding hydrogens is 372 g/mol. The van der Waals surface area contributed by atoms with Gasteiger partial charge in [-0.2, -0.15) is 0 Å². The quantitative estimate of drug-likeness (QED) is 0.834. The molecule has 1 heterocycles. The van der Waals surface area contributed by atoms with Crippen molar-refractivity contribution >= 4 is 40.9 Å². The van der Waals surface area contributed by atoms with Crippen LogP contribution < -0.4 is 10.6 Å². The fourth-order valence-corrected chi connectivity index (χ4v) is 4.85. The number of rotatable bonds is 4. The molecule has 3 N–H and O–H groups in total. The third-order valence-corrected chi connectivity index (χ3v) is 6.59. The molecule has 7 heteroatoms. The Hall–Kier alpha value is -2.02. The van der Waals surface area contributed by atoms with Gasteiger partial charge < -0.3 is 10.8 Å². The van der Waals surface area contributed by atoms with E-state index in [0.29, 0.717) is 17.1 Å². The lowest BCUT2D eigenvalue weighted by atomic mass is 9.87. The van der Waals surface area contributed by atoms with Crippen LogP contribution in [-0.2, 0) is 14.3 Å². The molecule has 1 amide bonds. The number of fused-ring (bicyclic) bond motifs is 1. The second kappa shape index (κ2) is 7.31. The molecule has 0 bridgehead atoms. The maximum Gasteiger partial charge on any atom is 0.323 e. The van der Waals surface area contributed by atoms with Crippen molar-refractivity contribution in [2.24, 2.45) is 5.73 Å². The SMILES string of the molecule is CCC1(c2ccc(Cl)cc2)Sc2ccccc2N(CC(=O)O)C(=O)C1N. The van der Waals surface area contributed by atoms with Crippen LogP contribution in [0.25, 0.3) is 0 Å². The van der Waals surface area contributed by atoms with E-state index in [1.54, 1.807) is 24.3 Å². The molecule has 0 aliphatic carbocycles. The Morgan fingerprint density at radius 1 is 1.27 bits per heavy atom. The van der Waals surface area contributed by atoms with Gasteiger partial charge in [0.15, 0.2) is 0 Å². The van der Waals surface area contributed by atoms with E-state index in [1.165, 1.54) is 16.7 Å². The highest BCUT2D eigenvalue weighted by atomic mass is 35.5. The number of aliphatic carboxylic acids is 1. The second-order valence-corrected chi connectivity index (χ2v) is 7.92. The number of thioether (sulfide) groups is 1. The van der Waals surface area contributed by atoms with Crippen molar-refractivity contribution in [3.63, 3.8) is 0 Å². The highest BCUT2D eigenvalue weighted by Crippen LogP contribution is 2.51. The van der Waals surface area contributed by atoms with Crippen LogP contribution in [0.2, 0.25) is 5.02 Å². The van der Waals surface area contributed by atoms with Gasteiger partial charge in [-0.3, -0.25) is 14.5 Å². The summed E-state index contributed by atoms with van der Waals surface area (Å²) in [7, 11) is 0. The standard InChI is InChI=1S/C19H19ClN2O3S/c1-2-19(12-7-9-13(20)10-8-12)17(21)18(25)22(11-16(23)24)14-5-3-4-6-15(14)26-19/h3-10,17H,2,11,21H2,1H3,(H,23,24). The lowest BCUT2D eigenvalue weighted by molar-refractivity contribution is -0.136. The highest BCUT2D eigenvalue weighted by molar-refractivity contribution is 8.00. The molecular formula is C19H19ClN2O3S. The molecule has 2 aromatic carbocycles. The fraction of sp³-hybridized carbons (Fsp3) is 0.263. The van der Waals surface area contributed by atoms with Gasteiger partial charge in [-0.15, -0.1) is 11.8 Å². The summed E-state index contributed by atoms with van der Waals surface area (Å²) in [4.78, 5) is 26.6. The van der Waals surface area contributed by atoms with Crippen molar-refractivity contribution in [1.29, 1.82) is 0 Å². The average molecular weight is 391 g/mol. The zero-order valence-corrected chi connectivity index (χ0v) is 15.8. The van der Waals surface area contributed by atoms with Crippen molar-refractivity contribution in [3.05, 3.63) is 59.1 Å². The van der Waals surface area contributed by atoms with Crippen molar-refractivity contribution in [3.8, 4) is 0 Å². The number of halogens is 1. The number of nitrogens with two attached hydrogens (primary N) is 1. The zero-order valence-electron chi connectivity index (χ0n) is 14.2. The molecule has 0 radical (unpaired) electrons. The van der Waals surface area contributed by atoms with E-state index >= 15 is 0 Å². The van der Waals surface area contributed by atoms with Crippen molar-refractivity contribution in [2.45, 2.75) is 29.0 Å². The van der Waals surface area contributed by atoms with Crippen molar-refractivity contribution < 1.29 is 14.7 Å². The van der Waals surface area contributed by atoms with Crippen LogP contribution in [0.15, 0.2) is 53.4 Å². The lowest BCUT2D eigenvalue weighted by Gasteiger charge is -2.36. The van der Waals surface area contributed by atoms with Crippen LogP contribution in [0.3, 0.4) is 0 Å². The number of carboxylic acid groups (broad SMARTS) is 1. The number of hydrogen-bond donors (Lipinski definition) is 2. The molecule has 2 atom stereocenters. The molecule has 0 saturated heterocycles. The van der Waals surface area contributed by atoms with Crippen LogP contribution in [-0.4, -0.2) is 29.6 Å². The topological polar surface area (TPSA) is 83.6 Å². The van der Waals surface area contributed by atoms with Gasteiger partial charge in [0.2, 0.25) is 5.91 Å². The summed E-state index contributed by atoms with van der Waals surface area (Å²) in [5.74, 6) is -1.48. The van der Waals surface area contributed by atoms with Crippen LogP contribution in [0.4, 0.5) is 5.69 Å². The van der Waals surface area contributed by atoms with E-state index in [4.69, 9.17) is 17.3 Å². The summed E-state index contributed by atoms with van der Waals surface area (Å²) >= 11 is 7.52. The monoisotopic (exact) mass is 390 g/mol. The van der Waals surface area contributed by atoms with Crippen LogP contribution in [0, 0.1) is 0 Å². The molecule has 0 saturated carbocycles. The van der Waals surface area contributed by atoms with Crippen LogP contribution >= 0.6 is 23.4 Å². The predicted octanol–water partition coefficient (Wildman–Crippen LogP) is 3.50. The van der Waals surface area contributed by atoms with E-state index in [9.17, 15) is 14.7 Å². The van der Waals surface area contributed by atoms with Gasteiger partial charge in [0.1, 0.15) is 12.6 Å². The number of amides is 1. The molecule has 136 valence electrons. The first kappa shape index (κ1) is 18.8. The van der Waals surface area contributed by atoms with Gasteiger partial charge >= 0.3 is 5.97 Å². The minimum atomic E-state index is -1.08. The lowest BCUT2D eigenvalue weighted by Crippen LogP contribution is -2.54. The summed E-state index contributed by atoms with van der Waals surface area (Å²) in [5, 5.41) is 9.87. The minimum Gasteiger partial charge on any atom is -0.480 e. The average Bonchev–Trinajstić information content (AvgIpc) is 2.72. The molecule has 1 aliphatic heterocycles. The van der Waals surface area contributed by atoms with Gasteiger partial charge in [-0.25, -0.2) is 0 Å². The van der Waals surface area contributed by atoms with Crippen LogP contribution in [0.1, 0.15) is 18.9 Å². The van der Waals surface area contributed by atoms with Gasteiger partial charge in [-0.05, 0) is 36.2 Å². The van der Waals surface area contributed by atoms with E-state index in [0.717, 1.165) is 10.5 Å². The fourth-order valence-electron chi connectivity index (χ4n) is 3.28. The Morgan fingerprint density at radius 3 is 2.54 bits per heavy atom. The van der Waals surface area contributed by atoms with E-state index in [2.05, 4.69) is 0 Å². The largest absolute Gasteiger partial charge is 0.480 e.